The molecule has 0 saturated carbocycles. The summed E-state index contributed by atoms with van der Waals surface area (Å²) in [6.07, 6.45) is 1.15. The number of amides is 1. The first-order valence-electron chi connectivity index (χ1n) is 3.96. The van der Waals surface area contributed by atoms with E-state index in [9.17, 15) is 9.59 Å². The van der Waals surface area contributed by atoms with Crippen molar-refractivity contribution in [2.24, 2.45) is 5.73 Å². The fourth-order valence-corrected chi connectivity index (χ4v) is 0.735. The van der Waals surface area contributed by atoms with Crippen LogP contribution in [0.4, 0.5) is 0 Å². The van der Waals surface area contributed by atoms with Gasteiger partial charge in [0.05, 0.1) is 0 Å². The molecule has 0 aliphatic carbocycles. The topological polar surface area (TPSA) is 102 Å². The Kier molecular flexibility index (Phi) is 5.82. The van der Waals surface area contributed by atoms with Crippen molar-refractivity contribution in [2.45, 2.75) is 25.8 Å². The van der Waals surface area contributed by atoms with Crippen LogP contribution in [-0.2, 0) is 14.4 Å². The van der Waals surface area contributed by atoms with Gasteiger partial charge >= 0.3 is 5.97 Å². The fraction of sp³-hybridized carbons (Fsp3) is 0.714. The number of primary amides is 1. The predicted octanol–water partition coefficient (Wildman–Crippen LogP) is -0.754. The lowest BCUT2D eigenvalue weighted by molar-refractivity contribution is -0.146. The van der Waals surface area contributed by atoms with Gasteiger partial charge in [0.25, 0.3) is 0 Å². The lowest BCUT2D eigenvalue weighted by atomic mass is 10.2. The second-order valence-corrected chi connectivity index (χ2v) is 2.55. The first-order valence-corrected chi connectivity index (χ1v) is 3.96. The molecular weight excluding hydrogens is 176 g/mol. The van der Waals surface area contributed by atoms with E-state index < -0.39 is 17.9 Å². The van der Waals surface area contributed by atoms with Crippen LogP contribution in [0.5, 0.6) is 0 Å². The zero-order chi connectivity index (χ0) is 10.3. The molecule has 0 aliphatic rings. The van der Waals surface area contributed by atoms with Crippen LogP contribution in [-0.4, -0.2) is 29.6 Å². The van der Waals surface area contributed by atoms with Crippen LogP contribution in [0.15, 0.2) is 0 Å². The van der Waals surface area contributed by atoms with Crippen LogP contribution in [0.3, 0.4) is 0 Å². The molecule has 0 aliphatic heterocycles. The van der Waals surface area contributed by atoms with Gasteiger partial charge in [0, 0.05) is 0 Å². The Bertz CT molecular complexity index is 183. The summed E-state index contributed by atoms with van der Waals surface area (Å²) < 4.78 is 0. The SMILES string of the molecule is CCCC(NOCC(N)=O)C(=O)O. The third-order valence-electron chi connectivity index (χ3n) is 1.32. The number of carbonyl (C=O) groups excluding carboxylic acids is 1. The molecular formula is C7H14N2O4. The van der Waals surface area contributed by atoms with Gasteiger partial charge in [-0.2, -0.15) is 5.48 Å². The summed E-state index contributed by atoms with van der Waals surface area (Å²) >= 11 is 0. The maximum Gasteiger partial charge on any atom is 0.323 e. The van der Waals surface area contributed by atoms with Gasteiger partial charge in [0.1, 0.15) is 12.6 Å². The number of rotatable bonds is 7. The number of hydrogen-bond donors (Lipinski definition) is 3. The van der Waals surface area contributed by atoms with Crippen molar-refractivity contribution in [3.63, 3.8) is 0 Å². The van der Waals surface area contributed by atoms with E-state index in [1.165, 1.54) is 0 Å². The van der Waals surface area contributed by atoms with Crippen molar-refractivity contribution >= 4 is 11.9 Å². The van der Waals surface area contributed by atoms with Gasteiger partial charge < -0.3 is 10.8 Å². The van der Waals surface area contributed by atoms with Gasteiger partial charge in [-0.1, -0.05) is 13.3 Å². The summed E-state index contributed by atoms with van der Waals surface area (Å²) in [4.78, 5) is 25.3. The highest BCUT2D eigenvalue weighted by Crippen LogP contribution is 1.96. The minimum Gasteiger partial charge on any atom is -0.480 e. The summed E-state index contributed by atoms with van der Waals surface area (Å²) in [5.74, 6) is -1.65. The summed E-state index contributed by atoms with van der Waals surface area (Å²) in [7, 11) is 0. The van der Waals surface area contributed by atoms with Crippen LogP contribution in [0, 0.1) is 0 Å². The average molecular weight is 190 g/mol. The predicted molar refractivity (Wildman–Crippen MR) is 44.6 cm³/mol. The number of nitrogens with one attached hydrogen (secondary N) is 1. The van der Waals surface area contributed by atoms with Crippen LogP contribution >= 0.6 is 0 Å². The molecule has 4 N–H and O–H groups in total. The molecule has 76 valence electrons. The van der Waals surface area contributed by atoms with E-state index in [0.29, 0.717) is 12.8 Å². The molecule has 1 atom stereocenters. The van der Waals surface area contributed by atoms with E-state index in [1.54, 1.807) is 0 Å². The van der Waals surface area contributed by atoms with Crippen molar-refractivity contribution in [2.75, 3.05) is 6.61 Å². The molecule has 1 unspecified atom stereocenters. The van der Waals surface area contributed by atoms with Crippen LogP contribution in [0.1, 0.15) is 19.8 Å². The Balaban J connectivity index is 3.69. The maximum absolute atomic E-state index is 10.5. The van der Waals surface area contributed by atoms with E-state index in [2.05, 4.69) is 10.3 Å². The molecule has 0 radical (unpaired) electrons. The third-order valence-corrected chi connectivity index (χ3v) is 1.32. The number of carboxylic acid groups (broad SMARTS) is 1. The number of aliphatic carboxylic acids is 1. The molecule has 0 spiro atoms. The normalized spacial score (nSPS) is 12.4. The minimum absolute atomic E-state index is 0.326. The second-order valence-electron chi connectivity index (χ2n) is 2.55. The summed E-state index contributed by atoms with van der Waals surface area (Å²) in [5.41, 5.74) is 7.03. The third kappa shape index (κ3) is 6.06. The molecule has 6 heteroatoms. The van der Waals surface area contributed by atoms with Crippen LogP contribution in [0.2, 0.25) is 0 Å². The number of hydrogen-bond acceptors (Lipinski definition) is 4. The smallest absolute Gasteiger partial charge is 0.323 e. The quantitative estimate of drug-likeness (QED) is 0.458. The standard InChI is InChI=1S/C7H14N2O4/c1-2-3-5(7(11)12)9-13-4-6(8)10/h5,9H,2-4H2,1H3,(H2,8,10)(H,11,12). The van der Waals surface area contributed by atoms with E-state index in [4.69, 9.17) is 10.8 Å². The molecule has 1 amide bonds. The van der Waals surface area contributed by atoms with Gasteiger partial charge in [-0.15, -0.1) is 0 Å². The molecule has 0 heterocycles. The largest absolute Gasteiger partial charge is 0.480 e. The molecule has 0 aromatic rings. The number of carbonyl (C=O) groups is 2. The number of nitrogens with two attached hydrogens (primary N) is 1. The number of hydroxylamine groups is 1. The molecule has 0 fully saturated rings. The van der Waals surface area contributed by atoms with E-state index in [0.717, 1.165) is 0 Å². The molecule has 0 aromatic heterocycles. The Morgan fingerprint density at radius 3 is 2.62 bits per heavy atom. The molecule has 0 saturated heterocycles. The first-order chi connectivity index (χ1) is 6.07. The Labute approximate surface area is 76.0 Å². The highest BCUT2D eigenvalue weighted by Gasteiger charge is 2.15. The molecule has 0 aromatic carbocycles. The number of carboxylic acids is 1. The highest BCUT2D eigenvalue weighted by molar-refractivity contribution is 5.75. The Hall–Kier alpha value is -1.14. The zero-order valence-electron chi connectivity index (χ0n) is 7.45. The van der Waals surface area contributed by atoms with Crippen LogP contribution < -0.4 is 11.2 Å². The highest BCUT2D eigenvalue weighted by atomic mass is 16.6. The van der Waals surface area contributed by atoms with Gasteiger partial charge in [-0.3, -0.25) is 14.4 Å². The summed E-state index contributed by atoms with van der Waals surface area (Å²) in [6.45, 7) is 1.53. The van der Waals surface area contributed by atoms with Gasteiger partial charge in [0.15, 0.2) is 0 Å². The molecule has 0 bridgehead atoms. The van der Waals surface area contributed by atoms with Gasteiger partial charge in [-0.25, -0.2) is 0 Å². The van der Waals surface area contributed by atoms with Gasteiger partial charge in [-0.05, 0) is 6.42 Å². The summed E-state index contributed by atoms with van der Waals surface area (Å²) in [5, 5.41) is 8.61. The van der Waals surface area contributed by atoms with Crippen molar-refractivity contribution in [3.8, 4) is 0 Å². The van der Waals surface area contributed by atoms with E-state index in [-0.39, 0.29) is 6.61 Å². The van der Waals surface area contributed by atoms with Gasteiger partial charge in [0.2, 0.25) is 5.91 Å². The lowest BCUT2D eigenvalue weighted by Crippen LogP contribution is -2.38. The maximum atomic E-state index is 10.5. The van der Waals surface area contributed by atoms with E-state index in [1.807, 2.05) is 6.92 Å². The lowest BCUT2D eigenvalue weighted by Gasteiger charge is -2.11. The first kappa shape index (κ1) is 11.9. The van der Waals surface area contributed by atoms with E-state index >= 15 is 0 Å². The minimum atomic E-state index is -1.01. The summed E-state index contributed by atoms with van der Waals surface area (Å²) in [6, 6.07) is -0.788. The van der Waals surface area contributed by atoms with Crippen LogP contribution in [0.25, 0.3) is 0 Å². The average Bonchev–Trinajstić information content (AvgIpc) is 2.02. The monoisotopic (exact) mass is 190 g/mol. The van der Waals surface area contributed by atoms with Crippen molar-refractivity contribution in [1.82, 2.24) is 5.48 Å². The molecule has 0 rings (SSSR count). The Morgan fingerprint density at radius 2 is 2.23 bits per heavy atom. The fourth-order valence-electron chi connectivity index (χ4n) is 0.735. The zero-order valence-corrected chi connectivity index (χ0v) is 7.45. The molecule has 6 nitrogen and oxygen atoms in total. The van der Waals surface area contributed by atoms with Crippen molar-refractivity contribution < 1.29 is 19.5 Å². The molecule has 13 heavy (non-hydrogen) atoms. The van der Waals surface area contributed by atoms with Crippen molar-refractivity contribution in [3.05, 3.63) is 0 Å². The van der Waals surface area contributed by atoms with Crippen molar-refractivity contribution in [1.29, 1.82) is 0 Å². The Morgan fingerprint density at radius 1 is 1.62 bits per heavy atom. The second kappa shape index (κ2) is 6.38.